The van der Waals surface area contributed by atoms with Crippen LogP contribution in [0.15, 0.2) is 42.5 Å². The van der Waals surface area contributed by atoms with E-state index in [0.29, 0.717) is 36.9 Å². The molecule has 2 aromatic rings. The van der Waals surface area contributed by atoms with Crippen molar-refractivity contribution in [3.63, 3.8) is 0 Å². The average molecular weight is 604 g/mol. The van der Waals surface area contributed by atoms with Gasteiger partial charge in [-0.15, -0.1) is 0 Å². The number of nitrogens with one attached hydrogen (secondary N) is 1. The normalized spacial score (nSPS) is 15.4. The fourth-order valence-corrected chi connectivity index (χ4v) is 5.96. The molecule has 0 aromatic heterocycles. The van der Waals surface area contributed by atoms with Crippen LogP contribution in [0.25, 0.3) is 11.1 Å². The zero-order chi connectivity index (χ0) is 30.5. The number of ether oxygens (including phenoxy) is 2. The molecule has 0 bridgehead atoms. The Labute approximate surface area is 275 Å². The number of carbonyl (C=O) groups is 2. The number of hydrogen-bond acceptors (Lipinski definition) is 6. The van der Waals surface area contributed by atoms with Crippen LogP contribution < -0.4 is 29.3 Å². The number of aliphatic carboxylic acids is 1. The second-order valence-electron chi connectivity index (χ2n) is 12.9. The van der Waals surface area contributed by atoms with Gasteiger partial charge in [0.2, 0.25) is 0 Å². The Balaban J connectivity index is 0.00000645. The second kappa shape index (κ2) is 18.9. The summed E-state index contributed by atoms with van der Waals surface area (Å²) >= 11 is 1.53. The molecule has 232 valence electrons. The van der Waals surface area contributed by atoms with Crippen LogP contribution in [0.4, 0.5) is 0 Å². The van der Waals surface area contributed by atoms with Gasteiger partial charge in [0.1, 0.15) is 0 Å². The van der Waals surface area contributed by atoms with Crippen LogP contribution in [0.2, 0.25) is 0 Å². The molecule has 3 rings (SSSR count). The summed E-state index contributed by atoms with van der Waals surface area (Å²) in [7, 11) is 0. The first-order chi connectivity index (χ1) is 20.1. The van der Waals surface area contributed by atoms with Gasteiger partial charge in [0.05, 0.1) is 31.3 Å². The third-order valence-corrected chi connectivity index (χ3v) is 8.72. The van der Waals surface area contributed by atoms with E-state index in [-0.39, 0.29) is 30.4 Å². The van der Waals surface area contributed by atoms with Crippen molar-refractivity contribution in [1.29, 1.82) is 0 Å². The van der Waals surface area contributed by atoms with E-state index in [1.807, 2.05) is 49.6 Å². The van der Waals surface area contributed by atoms with Crippen LogP contribution in [0, 0.1) is 18.3 Å². The molecule has 1 aliphatic carbocycles. The van der Waals surface area contributed by atoms with Crippen molar-refractivity contribution < 1.29 is 43.0 Å². The summed E-state index contributed by atoms with van der Waals surface area (Å²) in [4.78, 5) is 25.1. The number of benzene rings is 2. The van der Waals surface area contributed by atoms with Crippen molar-refractivity contribution >= 4 is 23.6 Å². The van der Waals surface area contributed by atoms with Crippen molar-refractivity contribution in [3.8, 4) is 11.1 Å². The van der Waals surface area contributed by atoms with Crippen molar-refractivity contribution in [1.82, 2.24) is 5.32 Å². The fraction of sp³-hybridized carbons (Fsp3) is 0.600. The smallest absolute Gasteiger partial charge is 0.548 e. The molecule has 2 aromatic carbocycles. The van der Waals surface area contributed by atoms with E-state index >= 15 is 0 Å². The van der Waals surface area contributed by atoms with E-state index in [0.717, 1.165) is 41.7 Å². The number of carbonyl (C=O) groups excluding carboxylic acids is 2. The summed E-state index contributed by atoms with van der Waals surface area (Å²) < 4.78 is 12.6. The van der Waals surface area contributed by atoms with Crippen LogP contribution in [0.5, 0.6) is 0 Å². The fourth-order valence-electron chi connectivity index (χ4n) is 5.48. The minimum Gasteiger partial charge on any atom is -0.548 e. The zero-order valence-corrected chi connectivity index (χ0v) is 28.0. The Bertz CT molecular complexity index is 1150. The molecule has 0 radical (unpaired) electrons. The molecule has 1 fully saturated rings. The van der Waals surface area contributed by atoms with Crippen LogP contribution in [-0.4, -0.2) is 49.2 Å². The number of amides is 1. The van der Waals surface area contributed by atoms with Gasteiger partial charge in [-0.3, -0.25) is 4.79 Å². The van der Waals surface area contributed by atoms with Gasteiger partial charge in [0, 0.05) is 12.2 Å². The van der Waals surface area contributed by atoms with E-state index in [1.165, 1.54) is 43.9 Å². The molecule has 0 saturated heterocycles. The van der Waals surface area contributed by atoms with Crippen LogP contribution >= 0.6 is 11.8 Å². The van der Waals surface area contributed by atoms with Gasteiger partial charge >= 0.3 is 18.9 Å². The number of rotatable bonds is 16. The summed E-state index contributed by atoms with van der Waals surface area (Å²) in [5.41, 5.74) is 4.36. The first-order valence-electron chi connectivity index (χ1n) is 15.5. The quantitative estimate of drug-likeness (QED) is 0.233. The van der Waals surface area contributed by atoms with Gasteiger partial charge in [-0.25, -0.2) is 0 Å². The van der Waals surface area contributed by atoms with Gasteiger partial charge < -0.3 is 24.7 Å². The number of hydrogen-bond donors (Lipinski definition) is 1. The SMILES string of the molecule is CSCC[C@H](NC(=O)c1ccc(CO[C@H](COCCC(C)(C)C)CC2CCCCC2)cc1-c1ccccc1C)C(=O)[O-].[Li+]. The second-order valence-corrected chi connectivity index (χ2v) is 13.9. The molecule has 0 spiro atoms. The van der Waals surface area contributed by atoms with E-state index in [4.69, 9.17) is 9.47 Å². The molecular weight excluding hydrogens is 553 g/mol. The standard InChI is InChI=1S/C35H51NO5S.Li/c1-25-11-9-10-14-29(25)31-22-27(15-16-30(31)33(37)36-32(34(38)39)17-20-42-5)23-41-28(21-26-12-7-6-8-13-26)24-40-19-18-35(2,3)4;/h9-11,14-16,22,26,28,32H,6-8,12-13,17-21,23-24H2,1-5H3,(H,36,37)(H,38,39);/q;+1/p-1/t28-,32-;/m0./s1. The molecule has 2 atom stereocenters. The largest absolute Gasteiger partial charge is 1.00 e. The first-order valence-corrected chi connectivity index (χ1v) is 16.9. The molecule has 1 amide bonds. The van der Waals surface area contributed by atoms with Crippen molar-refractivity contribution in [3.05, 3.63) is 59.2 Å². The van der Waals surface area contributed by atoms with E-state index in [2.05, 4.69) is 26.1 Å². The molecule has 0 unspecified atom stereocenters. The molecule has 1 aliphatic rings. The predicted octanol–water partition coefficient (Wildman–Crippen LogP) is 3.58. The van der Waals surface area contributed by atoms with Gasteiger partial charge in [-0.2, -0.15) is 11.8 Å². The first kappa shape index (κ1) is 37.4. The number of aryl methyl sites for hydroxylation is 1. The number of carboxylic acid groups (broad SMARTS) is 1. The molecular formula is C35H50LiNO5S. The molecule has 1 saturated carbocycles. The average Bonchev–Trinajstić information content (AvgIpc) is 2.96. The van der Waals surface area contributed by atoms with Crippen LogP contribution in [-0.2, 0) is 20.9 Å². The summed E-state index contributed by atoms with van der Waals surface area (Å²) in [6.45, 7) is 10.4. The molecule has 6 nitrogen and oxygen atoms in total. The Morgan fingerprint density at radius 2 is 1.79 bits per heavy atom. The van der Waals surface area contributed by atoms with Crippen LogP contribution in [0.1, 0.15) is 93.6 Å². The van der Waals surface area contributed by atoms with Gasteiger partial charge in [-0.1, -0.05) is 83.2 Å². The summed E-state index contributed by atoms with van der Waals surface area (Å²) in [6, 6.07) is 12.6. The van der Waals surface area contributed by atoms with E-state index in [9.17, 15) is 14.7 Å². The number of thioether (sulfide) groups is 1. The minimum absolute atomic E-state index is 0. The summed E-state index contributed by atoms with van der Waals surface area (Å²) in [6.07, 6.45) is 10.7. The molecule has 0 aliphatic heterocycles. The number of carboxylic acids is 1. The van der Waals surface area contributed by atoms with Crippen LogP contribution in [0.3, 0.4) is 0 Å². The molecule has 8 heteroatoms. The van der Waals surface area contributed by atoms with E-state index in [1.54, 1.807) is 6.07 Å². The maximum absolute atomic E-state index is 13.4. The predicted molar refractivity (Wildman–Crippen MR) is 171 cm³/mol. The van der Waals surface area contributed by atoms with Crippen molar-refractivity contribution in [2.75, 3.05) is 25.2 Å². The monoisotopic (exact) mass is 603 g/mol. The van der Waals surface area contributed by atoms with Gasteiger partial charge in [-0.05, 0) is 83.9 Å². The summed E-state index contributed by atoms with van der Waals surface area (Å²) in [5.74, 6) is -0.402. The minimum atomic E-state index is -1.27. The van der Waals surface area contributed by atoms with Crippen molar-refractivity contribution in [2.45, 2.75) is 97.8 Å². The Hall–Kier alpha value is -1.75. The zero-order valence-electron chi connectivity index (χ0n) is 27.2. The van der Waals surface area contributed by atoms with Gasteiger partial charge in [0.15, 0.2) is 0 Å². The van der Waals surface area contributed by atoms with Gasteiger partial charge in [0.25, 0.3) is 5.91 Å². The molecule has 43 heavy (non-hydrogen) atoms. The van der Waals surface area contributed by atoms with E-state index < -0.39 is 17.9 Å². The Morgan fingerprint density at radius 1 is 1.07 bits per heavy atom. The third-order valence-electron chi connectivity index (χ3n) is 8.07. The third kappa shape index (κ3) is 13.0. The molecule has 1 N–H and O–H groups in total. The molecule has 0 heterocycles. The van der Waals surface area contributed by atoms with Crippen molar-refractivity contribution in [2.24, 2.45) is 11.3 Å². The summed E-state index contributed by atoms with van der Waals surface area (Å²) in [5, 5.41) is 14.4. The topological polar surface area (TPSA) is 87.7 Å². The Kier molecular flexibility index (Phi) is 16.5. The maximum atomic E-state index is 13.4. The Morgan fingerprint density at radius 3 is 2.44 bits per heavy atom. The maximum Gasteiger partial charge on any atom is 1.00 e.